The molecule has 3 rings (SSSR count). The first kappa shape index (κ1) is 16.4. The molecule has 0 atom stereocenters. The minimum atomic E-state index is -0.334. The van der Waals surface area contributed by atoms with E-state index in [1.54, 1.807) is 0 Å². The van der Waals surface area contributed by atoms with Gasteiger partial charge in [-0.1, -0.05) is 66.7 Å². The van der Waals surface area contributed by atoms with E-state index in [-0.39, 0.29) is 7.92 Å². The second kappa shape index (κ2) is 9.00. The fraction of sp³-hybridized carbons (Fsp3) is 0.0952. The van der Waals surface area contributed by atoms with Crippen LogP contribution >= 0.6 is 7.92 Å². The average molecular weight is 332 g/mol. The molecule has 1 aromatic heterocycles. The minimum Gasteiger partial charge on any atom is -0.390 e. The molecule has 0 unspecified atom stereocenters. The summed E-state index contributed by atoms with van der Waals surface area (Å²) in [7, 11) is -0.334. The molecule has 0 bridgehead atoms. The molecule has 120 valence electrons. The van der Waals surface area contributed by atoms with Crippen molar-refractivity contribution >= 4 is 24.6 Å². The first-order valence-corrected chi connectivity index (χ1v) is 9.65. The zero-order valence-electron chi connectivity index (χ0n) is 13.5. The van der Waals surface area contributed by atoms with Gasteiger partial charge in [0.05, 0.1) is 5.69 Å². The van der Waals surface area contributed by atoms with E-state index in [0.29, 0.717) is 0 Å². The van der Waals surface area contributed by atoms with Gasteiger partial charge in [-0.15, -0.1) is 0 Å². The van der Waals surface area contributed by atoms with Gasteiger partial charge in [0, 0.05) is 12.7 Å². The highest BCUT2D eigenvalue weighted by Gasteiger charge is 2.12. The lowest BCUT2D eigenvalue weighted by atomic mass is 10.3. The smallest absolute Gasteiger partial charge is 0.0643 e. The Morgan fingerprint density at radius 3 is 2.00 bits per heavy atom. The van der Waals surface area contributed by atoms with E-state index in [1.807, 2.05) is 36.7 Å². The molecule has 0 spiro atoms. The van der Waals surface area contributed by atoms with Crippen LogP contribution in [0.4, 0.5) is 0 Å². The largest absolute Gasteiger partial charge is 0.390 e. The molecule has 1 N–H and O–H groups in total. The third-order valence-electron chi connectivity index (χ3n) is 3.68. The molecule has 3 heteroatoms. The molecule has 0 saturated carbocycles. The van der Waals surface area contributed by atoms with Crippen molar-refractivity contribution in [3.05, 3.63) is 97.0 Å². The van der Waals surface area contributed by atoms with Gasteiger partial charge in [0.2, 0.25) is 0 Å². The SMILES string of the molecule is C(=C\c1ccccn1)/NCCP(c1ccccc1)c1ccccc1. The summed E-state index contributed by atoms with van der Waals surface area (Å²) in [5.74, 6) is 0. The maximum atomic E-state index is 4.28. The van der Waals surface area contributed by atoms with Crippen molar-refractivity contribution in [3.63, 3.8) is 0 Å². The van der Waals surface area contributed by atoms with Crippen LogP contribution in [-0.2, 0) is 0 Å². The monoisotopic (exact) mass is 332 g/mol. The van der Waals surface area contributed by atoms with Crippen LogP contribution in [0.15, 0.2) is 91.3 Å². The van der Waals surface area contributed by atoms with Crippen LogP contribution < -0.4 is 15.9 Å². The Bertz CT molecular complexity index is 703. The van der Waals surface area contributed by atoms with Crippen molar-refractivity contribution in [2.45, 2.75) is 0 Å². The fourth-order valence-corrected chi connectivity index (χ4v) is 4.73. The number of hydrogen-bond donors (Lipinski definition) is 1. The van der Waals surface area contributed by atoms with E-state index in [0.717, 1.165) is 18.4 Å². The summed E-state index contributed by atoms with van der Waals surface area (Å²) in [5, 5.41) is 6.25. The molecule has 2 aromatic carbocycles. The van der Waals surface area contributed by atoms with Crippen molar-refractivity contribution in [2.24, 2.45) is 0 Å². The molecular weight excluding hydrogens is 311 g/mol. The van der Waals surface area contributed by atoms with Gasteiger partial charge in [-0.2, -0.15) is 0 Å². The van der Waals surface area contributed by atoms with Crippen LogP contribution in [-0.4, -0.2) is 17.7 Å². The van der Waals surface area contributed by atoms with Crippen LogP contribution in [0.25, 0.3) is 6.08 Å². The Morgan fingerprint density at radius 2 is 1.42 bits per heavy atom. The van der Waals surface area contributed by atoms with E-state index in [4.69, 9.17) is 0 Å². The maximum Gasteiger partial charge on any atom is 0.0643 e. The zero-order chi connectivity index (χ0) is 16.5. The fourth-order valence-electron chi connectivity index (χ4n) is 2.50. The van der Waals surface area contributed by atoms with Crippen molar-refractivity contribution in [1.82, 2.24) is 10.3 Å². The van der Waals surface area contributed by atoms with E-state index < -0.39 is 0 Å². The predicted octanol–water partition coefficient (Wildman–Crippen LogP) is 3.77. The Hall–Kier alpha value is -2.44. The third-order valence-corrected chi connectivity index (χ3v) is 6.19. The van der Waals surface area contributed by atoms with Gasteiger partial charge in [-0.25, -0.2) is 0 Å². The van der Waals surface area contributed by atoms with Crippen molar-refractivity contribution in [1.29, 1.82) is 0 Å². The molecule has 1 heterocycles. The predicted molar refractivity (Wildman–Crippen MR) is 105 cm³/mol. The van der Waals surface area contributed by atoms with Crippen LogP contribution in [0, 0.1) is 0 Å². The normalized spacial score (nSPS) is 11.0. The number of nitrogens with zero attached hydrogens (tertiary/aromatic N) is 1. The summed E-state index contributed by atoms with van der Waals surface area (Å²) in [5.41, 5.74) is 0.971. The average Bonchev–Trinajstić information content (AvgIpc) is 2.67. The molecule has 0 aliphatic carbocycles. The topological polar surface area (TPSA) is 24.9 Å². The third kappa shape index (κ3) is 4.78. The van der Waals surface area contributed by atoms with Crippen molar-refractivity contribution in [3.8, 4) is 0 Å². The summed E-state index contributed by atoms with van der Waals surface area (Å²) in [6.07, 6.45) is 6.92. The lowest BCUT2D eigenvalue weighted by Crippen LogP contribution is -2.19. The van der Waals surface area contributed by atoms with Gasteiger partial charge in [-0.05, 0) is 49.1 Å². The second-order valence-electron chi connectivity index (χ2n) is 5.36. The highest BCUT2D eigenvalue weighted by Crippen LogP contribution is 2.32. The van der Waals surface area contributed by atoms with E-state index in [9.17, 15) is 0 Å². The highest BCUT2D eigenvalue weighted by molar-refractivity contribution is 7.73. The van der Waals surface area contributed by atoms with Crippen LogP contribution in [0.3, 0.4) is 0 Å². The standard InChI is InChI=1S/C21H21N2P/c1-3-10-20(11-4-1)24(21-12-5-2-6-13-21)18-17-22-16-14-19-9-7-8-15-23-19/h1-16,22H,17-18H2/b16-14+. The highest BCUT2D eigenvalue weighted by atomic mass is 31.1. The number of benzene rings is 2. The van der Waals surface area contributed by atoms with Gasteiger partial charge >= 0.3 is 0 Å². The van der Waals surface area contributed by atoms with Crippen LogP contribution in [0.5, 0.6) is 0 Å². The summed E-state index contributed by atoms with van der Waals surface area (Å²) in [4.78, 5) is 4.28. The quantitative estimate of drug-likeness (QED) is 0.526. The Kier molecular flexibility index (Phi) is 6.16. The summed E-state index contributed by atoms with van der Waals surface area (Å²) >= 11 is 0. The molecule has 3 aromatic rings. The molecule has 0 fully saturated rings. The molecule has 0 aliphatic rings. The van der Waals surface area contributed by atoms with Crippen LogP contribution in [0.2, 0.25) is 0 Å². The molecule has 0 amide bonds. The van der Waals surface area contributed by atoms with Crippen molar-refractivity contribution in [2.75, 3.05) is 12.7 Å². The first-order valence-electron chi connectivity index (χ1n) is 8.12. The summed E-state index contributed by atoms with van der Waals surface area (Å²) < 4.78 is 0. The van der Waals surface area contributed by atoms with Gasteiger partial charge in [0.1, 0.15) is 0 Å². The van der Waals surface area contributed by atoms with Gasteiger partial charge in [0.25, 0.3) is 0 Å². The number of pyridine rings is 1. The lowest BCUT2D eigenvalue weighted by molar-refractivity contribution is 0.930. The zero-order valence-corrected chi connectivity index (χ0v) is 14.4. The minimum absolute atomic E-state index is 0.334. The molecule has 2 nitrogen and oxygen atoms in total. The van der Waals surface area contributed by atoms with E-state index in [1.165, 1.54) is 10.6 Å². The van der Waals surface area contributed by atoms with Gasteiger partial charge < -0.3 is 5.32 Å². The maximum absolute atomic E-state index is 4.28. The number of hydrogen-bond acceptors (Lipinski definition) is 2. The molecular formula is C21H21N2P. The van der Waals surface area contributed by atoms with Crippen molar-refractivity contribution < 1.29 is 0 Å². The number of aromatic nitrogens is 1. The molecule has 24 heavy (non-hydrogen) atoms. The Morgan fingerprint density at radius 1 is 0.792 bits per heavy atom. The van der Waals surface area contributed by atoms with E-state index >= 15 is 0 Å². The van der Waals surface area contributed by atoms with Gasteiger partial charge in [0.15, 0.2) is 0 Å². The molecule has 0 radical (unpaired) electrons. The first-order chi connectivity index (χ1) is 11.9. The molecule has 0 aliphatic heterocycles. The summed E-state index contributed by atoms with van der Waals surface area (Å²) in [6, 6.07) is 27.5. The van der Waals surface area contributed by atoms with E-state index in [2.05, 4.69) is 71.0 Å². The Labute approximate surface area is 145 Å². The summed E-state index contributed by atoms with van der Waals surface area (Å²) in [6.45, 7) is 0.943. The second-order valence-corrected chi connectivity index (χ2v) is 7.70. The van der Waals surface area contributed by atoms with Crippen LogP contribution in [0.1, 0.15) is 5.69 Å². The number of nitrogens with one attached hydrogen (secondary N) is 1. The lowest BCUT2D eigenvalue weighted by Gasteiger charge is -2.18. The Balaban J connectivity index is 1.62. The van der Waals surface area contributed by atoms with Gasteiger partial charge in [-0.3, -0.25) is 4.98 Å². The molecule has 0 saturated heterocycles. The number of rotatable bonds is 7.